The van der Waals surface area contributed by atoms with Gasteiger partial charge in [0.2, 0.25) is 5.78 Å². The number of hydrogen-bond donors (Lipinski definition) is 1. The molecule has 0 radical (unpaired) electrons. The largest absolute Gasteiger partial charge is 0.319 e. The molecule has 3 rings (SSSR count). The van der Waals surface area contributed by atoms with E-state index in [1.54, 1.807) is 0 Å². The third kappa shape index (κ3) is 1.88. The number of benzene rings is 1. The Labute approximate surface area is 120 Å². The van der Waals surface area contributed by atoms with Crippen molar-refractivity contribution in [1.29, 1.82) is 0 Å². The van der Waals surface area contributed by atoms with Crippen molar-refractivity contribution < 1.29 is 0 Å². The number of fused-ring (bicyclic) bond motifs is 3. The topological polar surface area (TPSA) is 34.3 Å². The van der Waals surface area contributed by atoms with Crippen LogP contribution in [0.15, 0.2) is 22.8 Å². The van der Waals surface area contributed by atoms with Gasteiger partial charge in [-0.15, -0.1) is 0 Å². The molecule has 0 fully saturated rings. The van der Waals surface area contributed by atoms with Gasteiger partial charge in [-0.3, -0.25) is 4.40 Å². The minimum absolute atomic E-state index is 0.955. The van der Waals surface area contributed by atoms with Gasteiger partial charge >= 0.3 is 0 Å². The van der Waals surface area contributed by atoms with E-state index >= 15 is 0 Å². The van der Waals surface area contributed by atoms with Gasteiger partial charge in [0.05, 0.1) is 16.7 Å². The Morgan fingerprint density at radius 3 is 2.89 bits per heavy atom. The predicted octanol–water partition coefficient (Wildman–Crippen LogP) is 2.66. The molecule has 5 heteroatoms. The van der Waals surface area contributed by atoms with Gasteiger partial charge in [-0.2, -0.15) is 0 Å². The number of likely N-dealkylation sites (N-methyl/N-ethyl adjacent to an activating group) is 1. The minimum Gasteiger partial charge on any atom is -0.319 e. The highest BCUT2D eigenvalue weighted by atomic mass is 79.9. The molecule has 0 aliphatic rings. The van der Waals surface area contributed by atoms with Crippen LogP contribution in [0.5, 0.6) is 0 Å². The Balaban J connectivity index is 2.30. The second kappa shape index (κ2) is 4.65. The van der Waals surface area contributed by atoms with Gasteiger partial charge in [-0.25, -0.2) is 4.98 Å². The van der Waals surface area contributed by atoms with Crippen molar-refractivity contribution in [3.63, 3.8) is 0 Å². The fourth-order valence-electron chi connectivity index (χ4n) is 2.49. The second-order valence-corrected chi connectivity index (χ2v) is 5.64. The van der Waals surface area contributed by atoms with Crippen LogP contribution in [0.3, 0.4) is 0 Å². The summed E-state index contributed by atoms with van der Waals surface area (Å²) in [5.74, 6) is 0.985. The number of aryl methyl sites for hydroxylation is 2. The smallest absolute Gasteiger partial charge is 0.215 e. The zero-order valence-electron chi connectivity index (χ0n) is 11.4. The summed E-state index contributed by atoms with van der Waals surface area (Å²) in [6.45, 7) is 3.06. The second-order valence-electron chi connectivity index (χ2n) is 4.89. The van der Waals surface area contributed by atoms with E-state index in [1.807, 2.05) is 7.05 Å². The minimum atomic E-state index is 0.955. The van der Waals surface area contributed by atoms with E-state index in [0.717, 1.165) is 34.4 Å². The SMILES string of the molecule is CNCCc1c(Br)n2c3cc(C)ccc3nc2n1C. The maximum absolute atomic E-state index is 4.72. The van der Waals surface area contributed by atoms with Crippen molar-refractivity contribution in [2.24, 2.45) is 7.05 Å². The molecule has 0 aliphatic heterocycles. The van der Waals surface area contributed by atoms with E-state index < -0.39 is 0 Å². The van der Waals surface area contributed by atoms with Gasteiger partial charge in [-0.05, 0) is 47.6 Å². The summed E-state index contributed by atoms with van der Waals surface area (Å²) in [6, 6.07) is 6.36. The van der Waals surface area contributed by atoms with Gasteiger partial charge in [0.1, 0.15) is 4.60 Å². The Hall–Kier alpha value is -1.33. The van der Waals surface area contributed by atoms with Crippen molar-refractivity contribution in [2.75, 3.05) is 13.6 Å². The van der Waals surface area contributed by atoms with Gasteiger partial charge in [0, 0.05) is 20.0 Å². The molecule has 0 saturated heterocycles. The van der Waals surface area contributed by atoms with E-state index in [1.165, 1.54) is 11.3 Å². The lowest BCUT2D eigenvalue weighted by molar-refractivity contribution is 0.741. The lowest BCUT2D eigenvalue weighted by atomic mass is 10.2. The average Bonchev–Trinajstić information content (AvgIpc) is 2.86. The Morgan fingerprint density at radius 1 is 1.37 bits per heavy atom. The summed E-state index contributed by atoms with van der Waals surface area (Å²) < 4.78 is 5.46. The van der Waals surface area contributed by atoms with E-state index in [0.29, 0.717) is 0 Å². The first kappa shape index (κ1) is 12.7. The van der Waals surface area contributed by atoms with Crippen LogP contribution in [0.2, 0.25) is 0 Å². The van der Waals surface area contributed by atoms with E-state index in [2.05, 4.69) is 62.4 Å². The molecule has 0 saturated carbocycles. The van der Waals surface area contributed by atoms with E-state index in [9.17, 15) is 0 Å². The van der Waals surface area contributed by atoms with E-state index in [4.69, 9.17) is 4.98 Å². The standard InChI is InChI=1S/C14H17BrN4/c1-9-4-5-10-12(8-9)19-13(15)11(6-7-16-2)18(3)14(19)17-10/h4-5,8,16H,6-7H2,1-3H3. The van der Waals surface area contributed by atoms with Crippen molar-refractivity contribution in [3.8, 4) is 0 Å². The van der Waals surface area contributed by atoms with Crippen LogP contribution >= 0.6 is 15.9 Å². The number of imidazole rings is 2. The first-order chi connectivity index (χ1) is 9.13. The third-order valence-corrected chi connectivity index (χ3v) is 4.36. The van der Waals surface area contributed by atoms with Gasteiger partial charge in [-0.1, -0.05) is 6.07 Å². The first-order valence-corrected chi connectivity index (χ1v) is 7.19. The highest BCUT2D eigenvalue weighted by molar-refractivity contribution is 9.10. The van der Waals surface area contributed by atoms with Gasteiger partial charge < -0.3 is 9.88 Å². The molecule has 0 unspecified atom stereocenters. The maximum Gasteiger partial charge on any atom is 0.215 e. The Morgan fingerprint density at radius 2 is 2.16 bits per heavy atom. The lowest BCUT2D eigenvalue weighted by Crippen LogP contribution is -2.12. The number of nitrogens with zero attached hydrogens (tertiary/aromatic N) is 3. The molecular formula is C14H17BrN4. The molecule has 100 valence electrons. The number of rotatable bonds is 3. The first-order valence-electron chi connectivity index (χ1n) is 6.40. The molecule has 0 spiro atoms. The Kier molecular flexibility index (Phi) is 3.11. The lowest BCUT2D eigenvalue weighted by Gasteiger charge is -2.03. The summed E-state index contributed by atoms with van der Waals surface area (Å²) in [7, 11) is 4.05. The number of hydrogen-bond acceptors (Lipinski definition) is 2. The van der Waals surface area contributed by atoms with Crippen molar-refractivity contribution in [2.45, 2.75) is 13.3 Å². The predicted molar refractivity (Wildman–Crippen MR) is 81.7 cm³/mol. The van der Waals surface area contributed by atoms with Gasteiger partial charge in [0.15, 0.2) is 0 Å². The van der Waals surface area contributed by atoms with Crippen molar-refractivity contribution >= 4 is 32.7 Å². The highest BCUT2D eigenvalue weighted by Gasteiger charge is 2.17. The van der Waals surface area contributed by atoms with Crippen LogP contribution in [0.25, 0.3) is 16.8 Å². The zero-order valence-corrected chi connectivity index (χ0v) is 13.0. The van der Waals surface area contributed by atoms with E-state index in [-0.39, 0.29) is 0 Å². The quantitative estimate of drug-likeness (QED) is 0.805. The molecule has 2 heterocycles. The number of nitrogens with one attached hydrogen (secondary N) is 1. The summed E-state index contributed by atoms with van der Waals surface area (Å²) in [6.07, 6.45) is 0.976. The molecule has 0 aliphatic carbocycles. The third-order valence-electron chi connectivity index (χ3n) is 3.54. The summed E-state index contributed by atoms with van der Waals surface area (Å²) >= 11 is 3.73. The fraction of sp³-hybridized carbons (Fsp3) is 0.357. The van der Waals surface area contributed by atoms with Crippen LogP contribution in [0.1, 0.15) is 11.3 Å². The average molecular weight is 321 g/mol. The van der Waals surface area contributed by atoms with Crippen LogP contribution in [0, 0.1) is 6.92 Å². The molecule has 2 aromatic heterocycles. The molecule has 4 nitrogen and oxygen atoms in total. The molecular weight excluding hydrogens is 304 g/mol. The van der Waals surface area contributed by atoms with Crippen LogP contribution < -0.4 is 5.32 Å². The molecule has 1 N–H and O–H groups in total. The maximum atomic E-state index is 4.72. The van der Waals surface area contributed by atoms with Crippen molar-refractivity contribution in [1.82, 2.24) is 19.3 Å². The fourth-order valence-corrected chi connectivity index (χ4v) is 3.31. The van der Waals surface area contributed by atoms with Crippen LogP contribution in [-0.2, 0) is 13.5 Å². The van der Waals surface area contributed by atoms with Crippen molar-refractivity contribution in [3.05, 3.63) is 34.1 Å². The monoisotopic (exact) mass is 320 g/mol. The summed E-state index contributed by atoms with van der Waals surface area (Å²) in [5, 5.41) is 3.19. The molecule has 0 bridgehead atoms. The molecule has 0 amide bonds. The van der Waals surface area contributed by atoms with Crippen LogP contribution in [-0.4, -0.2) is 27.5 Å². The highest BCUT2D eigenvalue weighted by Crippen LogP contribution is 2.27. The molecule has 1 aromatic carbocycles. The Bertz CT molecular complexity index is 754. The van der Waals surface area contributed by atoms with Gasteiger partial charge in [0.25, 0.3) is 0 Å². The number of halogens is 1. The molecule has 19 heavy (non-hydrogen) atoms. The molecule has 3 aromatic rings. The summed E-state index contributed by atoms with van der Waals surface area (Å²) in [5.41, 5.74) is 4.72. The number of aromatic nitrogens is 3. The normalized spacial score (nSPS) is 11.8. The van der Waals surface area contributed by atoms with Crippen LogP contribution in [0.4, 0.5) is 0 Å². The summed E-state index contributed by atoms with van der Waals surface area (Å²) in [4.78, 5) is 4.72. The molecule has 0 atom stereocenters. The zero-order chi connectivity index (χ0) is 13.6.